The van der Waals surface area contributed by atoms with Crippen molar-refractivity contribution in [1.82, 2.24) is 0 Å². The maximum absolute atomic E-state index is 16.8. The average molecular weight is 2000 g/mol. The second-order valence-electron chi connectivity index (χ2n) is 43.7. The molecule has 43 heteroatoms. The molecule has 0 amide bonds. The second kappa shape index (κ2) is 44.0. The highest BCUT2D eigenvalue weighted by molar-refractivity contribution is 5.88. The van der Waals surface area contributed by atoms with Crippen molar-refractivity contribution in [2.45, 2.75) is 444 Å². The lowest BCUT2D eigenvalue weighted by Crippen LogP contribution is -2.68. The van der Waals surface area contributed by atoms with Gasteiger partial charge < -0.3 is 198 Å². The zero-order valence-electron chi connectivity index (χ0n) is 81.5. The fourth-order valence-electron chi connectivity index (χ4n) is 24.3. The van der Waals surface area contributed by atoms with Crippen molar-refractivity contribution in [2.24, 2.45) is 56.2 Å². The third kappa shape index (κ3) is 21.9. The van der Waals surface area contributed by atoms with E-state index >= 15 is 9.59 Å². The fourth-order valence-corrected chi connectivity index (χ4v) is 24.3. The maximum Gasteiger partial charge on any atom is 0.333 e. The number of aliphatic hydroxyl groups excluding tert-OH is 21. The summed E-state index contributed by atoms with van der Waals surface area (Å²) < 4.78 is 111. The van der Waals surface area contributed by atoms with Gasteiger partial charge in [0.05, 0.1) is 80.0 Å². The standard InChI is InChI=1S/C96H154O43/c1-17-91(12,121)27-19-21-41(4)79(119)133-73-43(6)126-85(71(116)66(73)111)139-92(13,18-2)28-20-22-40(3)78(118)131-55-34-96(88(120)138-87-77(65(110)59(104)49(36-98)129-87)137-84-72(117)75(135-83-70(115)62(107)58(103)48(35-97)127-83)74(44(7)125-84)134-82-68(113)60(105)50(37-99)128-82)32-31-94(15)45(46(96)33-89(55,8)9)23-24-53-93(14)29-26-54(90(10,11)52(93)25-30-95(53,94)16)132-81-69(114)63(108)61(106)51(130-81)39-123-86-76(64(109)56(101)42(5)124-86)136-80-67(112)57(102)47(100)38-122-80/h17-18,21,23,40,42-44,46-77,80-87,97-117,121H,1-2,19-20,22,24-39H2,3-16H3. The normalized spacial score (nSPS) is 48.8. The molecular formula is C96H154O43. The van der Waals surface area contributed by atoms with Gasteiger partial charge in [0.25, 0.3) is 0 Å². The van der Waals surface area contributed by atoms with Crippen molar-refractivity contribution >= 4 is 17.9 Å². The van der Waals surface area contributed by atoms with Crippen molar-refractivity contribution in [3.05, 3.63) is 48.6 Å². The first-order valence-electron chi connectivity index (χ1n) is 48.9. The highest BCUT2D eigenvalue weighted by atomic mass is 16.8. The number of rotatable bonds is 33. The SMILES string of the molecule is C=CC(C)(O)CCC=C(C)C(=O)OC1C(C)OC(OC(C)(C=C)CCCC(C)C(=O)OC2CC3(C(=O)OC4OC(CO)C(O)C(O)C4OC4OC(C)C(OC5OC(CO)C(O)C5O)C(OC5OC(CO)C(O)C(O)C5O)C4O)CCC4(C)C(=CCC5C6(C)CCC(OC7OC(COC8OC(C)C(O)C(O)C8OC8OCC(O)C(O)C8O)C(O)C(O)C7O)C(C)(C)C6CCC54C)C3CC2(C)C)C(O)C1O. The second-order valence-corrected chi connectivity index (χ2v) is 43.7. The maximum atomic E-state index is 16.8. The van der Waals surface area contributed by atoms with Crippen LogP contribution >= 0.6 is 0 Å². The van der Waals surface area contributed by atoms with Crippen LogP contribution in [0.1, 0.15) is 187 Å². The Balaban J connectivity index is 0.756. The van der Waals surface area contributed by atoms with Gasteiger partial charge in [0, 0.05) is 17.4 Å². The van der Waals surface area contributed by atoms with Gasteiger partial charge >= 0.3 is 17.9 Å². The number of carbonyl (C=O) groups is 3. The molecule has 50 unspecified atom stereocenters. The molecule has 0 aromatic carbocycles. The average Bonchev–Trinajstić information content (AvgIpc) is 0.924. The van der Waals surface area contributed by atoms with Crippen LogP contribution < -0.4 is 0 Å². The monoisotopic (exact) mass is 1990 g/mol. The van der Waals surface area contributed by atoms with Crippen LogP contribution in [0.4, 0.5) is 0 Å². The van der Waals surface area contributed by atoms with Gasteiger partial charge in [-0.2, -0.15) is 0 Å². The van der Waals surface area contributed by atoms with E-state index in [0.717, 1.165) is 5.57 Å². The topological polar surface area (TPSA) is 662 Å². The highest BCUT2D eigenvalue weighted by Gasteiger charge is 2.72. The summed E-state index contributed by atoms with van der Waals surface area (Å²) >= 11 is 0. The van der Waals surface area contributed by atoms with Gasteiger partial charge in [-0.1, -0.05) is 85.3 Å². The largest absolute Gasteiger partial charge is 0.462 e. The van der Waals surface area contributed by atoms with Crippen molar-refractivity contribution in [3.8, 4) is 0 Å². The van der Waals surface area contributed by atoms with E-state index in [-0.39, 0.29) is 62.4 Å². The number of hydrogen-bond donors (Lipinski definition) is 22. The van der Waals surface area contributed by atoms with Crippen LogP contribution in [-0.2, 0) is 99.6 Å². The molecule has 5 aliphatic carbocycles. The number of carbonyl (C=O) groups excluding carboxylic acids is 3. The molecule has 8 aliphatic heterocycles. The number of esters is 3. The van der Waals surface area contributed by atoms with E-state index < -0.39 is 352 Å². The minimum Gasteiger partial charge on any atom is -0.462 e. The Hall–Kier alpha value is -4.11. The first kappa shape index (κ1) is 112. The lowest BCUT2D eigenvalue weighted by Gasteiger charge is -2.71. The number of hydrogen-bond acceptors (Lipinski definition) is 43. The molecule has 0 spiro atoms. The van der Waals surface area contributed by atoms with Crippen LogP contribution in [0.5, 0.6) is 0 Å². The van der Waals surface area contributed by atoms with E-state index in [1.54, 1.807) is 33.8 Å². The molecule has 50 atom stereocenters. The molecule has 13 aliphatic rings. The summed E-state index contributed by atoms with van der Waals surface area (Å²) in [5.41, 5.74) is -6.27. The zero-order valence-corrected chi connectivity index (χ0v) is 81.5. The molecule has 12 fully saturated rings. The smallest absolute Gasteiger partial charge is 0.333 e. The van der Waals surface area contributed by atoms with Gasteiger partial charge in [-0.3, -0.25) is 9.59 Å². The van der Waals surface area contributed by atoms with E-state index in [9.17, 15) is 117 Å². The van der Waals surface area contributed by atoms with Crippen LogP contribution in [0.2, 0.25) is 0 Å². The molecule has 8 heterocycles. The summed E-state index contributed by atoms with van der Waals surface area (Å²) in [6.07, 6.45) is -55.7. The first-order valence-corrected chi connectivity index (χ1v) is 48.9. The van der Waals surface area contributed by atoms with E-state index in [1.165, 1.54) is 32.9 Å². The number of ether oxygens (including phenoxy) is 18. The van der Waals surface area contributed by atoms with Crippen LogP contribution in [-0.4, -0.2) is 420 Å². The third-order valence-corrected chi connectivity index (χ3v) is 33.7. The third-order valence-electron chi connectivity index (χ3n) is 33.7. The molecule has 8 saturated heterocycles. The first-order chi connectivity index (χ1) is 65.1. The fraction of sp³-hybridized carbons (Fsp3) is 0.885. The molecule has 22 N–H and O–H groups in total. The molecular weight excluding hydrogens is 1840 g/mol. The summed E-state index contributed by atoms with van der Waals surface area (Å²) in [7, 11) is 0. The van der Waals surface area contributed by atoms with Crippen molar-refractivity contribution < 1.29 is 212 Å². The molecule has 0 radical (unpaired) electrons. The number of aliphatic hydroxyl groups is 22. The molecule has 0 aromatic rings. The van der Waals surface area contributed by atoms with Crippen LogP contribution in [0, 0.1) is 56.2 Å². The van der Waals surface area contributed by atoms with Crippen molar-refractivity contribution in [2.75, 3.05) is 33.0 Å². The minimum absolute atomic E-state index is 0.0468. The van der Waals surface area contributed by atoms with Crippen LogP contribution in [0.25, 0.3) is 0 Å². The van der Waals surface area contributed by atoms with Gasteiger partial charge in [0.2, 0.25) is 6.29 Å². The lowest BCUT2D eigenvalue weighted by atomic mass is 9.33. The van der Waals surface area contributed by atoms with Gasteiger partial charge in [0.15, 0.2) is 56.2 Å². The Kier molecular flexibility index (Phi) is 35.5. The summed E-state index contributed by atoms with van der Waals surface area (Å²) in [5, 5.41) is 244. The van der Waals surface area contributed by atoms with Crippen molar-refractivity contribution in [3.63, 3.8) is 0 Å². The van der Waals surface area contributed by atoms with Gasteiger partial charge in [0.1, 0.15) is 159 Å². The Bertz CT molecular complexity index is 4200. The molecule has 796 valence electrons. The summed E-state index contributed by atoms with van der Waals surface area (Å²) in [5.74, 6) is -4.02. The lowest BCUT2D eigenvalue weighted by molar-refractivity contribution is -0.390. The molecule has 43 nitrogen and oxygen atoms in total. The van der Waals surface area contributed by atoms with Gasteiger partial charge in [-0.15, -0.1) is 13.2 Å². The predicted octanol–water partition coefficient (Wildman–Crippen LogP) is -2.90. The van der Waals surface area contributed by atoms with E-state index in [4.69, 9.17) is 85.3 Å². The van der Waals surface area contributed by atoms with Crippen LogP contribution in [0.15, 0.2) is 48.6 Å². The number of allylic oxidation sites excluding steroid dienone is 3. The van der Waals surface area contributed by atoms with E-state index in [0.29, 0.717) is 44.9 Å². The van der Waals surface area contributed by atoms with E-state index in [2.05, 4.69) is 53.9 Å². The van der Waals surface area contributed by atoms with Crippen molar-refractivity contribution in [1.29, 1.82) is 0 Å². The zero-order chi connectivity index (χ0) is 102. The molecule has 0 aromatic heterocycles. The van der Waals surface area contributed by atoms with E-state index in [1.807, 2.05) is 13.8 Å². The molecule has 0 bridgehead atoms. The molecule has 13 rings (SSSR count). The van der Waals surface area contributed by atoms with Gasteiger partial charge in [-0.05, 0) is 164 Å². The number of fused-ring (bicyclic) bond motifs is 7. The Morgan fingerprint density at radius 2 is 1.01 bits per heavy atom. The Morgan fingerprint density at radius 1 is 0.496 bits per heavy atom. The highest BCUT2D eigenvalue weighted by Crippen LogP contribution is 2.76. The van der Waals surface area contributed by atoms with Crippen LogP contribution in [0.3, 0.4) is 0 Å². The molecule has 4 saturated carbocycles. The summed E-state index contributed by atoms with van der Waals surface area (Å²) in [6.45, 7) is 29.6. The van der Waals surface area contributed by atoms with Gasteiger partial charge in [-0.25, -0.2) is 4.79 Å². The Morgan fingerprint density at radius 3 is 1.63 bits per heavy atom. The predicted molar refractivity (Wildman–Crippen MR) is 474 cm³/mol. The summed E-state index contributed by atoms with van der Waals surface area (Å²) in [6, 6.07) is 0. The molecule has 139 heavy (non-hydrogen) atoms. The quantitative estimate of drug-likeness (QED) is 0.0103. The Labute approximate surface area is 808 Å². The summed E-state index contributed by atoms with van der Waals surface area (Å²) in [4.78, 5) is 45.1. The minimum atomic E-state index is -2.22.